The minimum absolute atomic E-state index is 0.361. The van der Waals surface area contributed by atoms with Crippen molar-refractivity contribution >= 4 is 23.2 Å². The molecule has 0 saturated carbocycles. The zero-order valence-corrected chi connectivity index (χ0v) is 8.27. The number of rotatable bonds is 3. The largest absolute Gasteiger partial charge is 0.492 e. The third-order valence-electron chi connectivity index (χ3n) is 1.37. The fourth-order valence-corrected chi connectivity index (χ4v) is 1.07. The molecule has 13 heavy (non-hydrogen) atoms. The summed E-state index contributed by atoms with van der Waals surface area (Å²) >= 11 is 11.5. The van der Waals surface area contributed by atoms with Gasteiger partial charge in [0.05, 0.1) is 22.5 Å². The van der Waals surface area contributed by atoms with Gasteiger partial charge in [0.25, 0.3) is 0 Å². The molecule has 0 aliphatic heterocycles. The van der Waals surface area contributed by atoms with Gasteiger partial charge < -0.3 is 4.74 Å². The summed E-state index contributed by atoms with van der Waals surface area (Å²) in [5.41, 5.74) is 0. The molecule has 68 valence electrons. The van der Waals surface area contributed by atoms with Gasteiger partial charge >= 0.3 is 0 Å². The lowest BCUT2D eigenvalue weighted by Crippen LogP contribution is -1.95. The Bertz CT molecular complexity index is 333. The van der Waals surface area contributed by atoms with E-state index in [0.29, 0.717) is 28.8 Å². The summed E-state index contributed by atoms with van der Waals surface area (Å²) in [6.45, 7) is 0.370. The predicted octanol–water partition coefficient (Wildman–Crippen LogP) is 3.29. The highest BCUT2D eigenvalue weighted by atomic mass is 35.5. The number of halogens is 2. The molecular weight excluding hydrogens is 209 g/mol. The van der Waals surface area contributed by atoms with E-state index in [-0.39, 0.29) is 0 Å². The topological polar surface area (TPSA) is 33.0 Å². The van der Waals surface area contributed by atoms with Crippen LogP contribution >= 0.6 is 23.2 Å². The van der Waals surface area contributed by atoms with Crippen LogP contribution in [0.3, 0.4) is 0 Å². The van der Waals surface area contributed by atoms with Crippen molar-refractivity contribution in [3.63, 3.8) is 0 Å². The van der Waals surface area contributed by atoms with Gasteiger partial charge in [-0.05, 0) is 12.1 Å². The van der Waals surface area contributed by atoms with Gasteiger partial charge in [-0.25, -0.2) is 0 Å². The maximum atomic E-state index is 8.27. The van der Waals surface area contributed by atoms with E-state index in [1.54, 1.807) is 18.2 Å². The van der Waals surface area contributed by atoms with E-state index in [1.807, 2.05) is 6.07 Å². The highest BCUT2D eigenvalue weighted by Crippen LogP contribution is 2.26. The molecule has 0 heterocycles. The van der Waals surface area contributed by atoms with Gasteiger partial charge in [-0.2, -0.15) is 5.26 Å². The molecule has 0 radical (unpaired) electrons. The van der Waals surface area contributed by atoms with Crippen molar-refractivity contribution < 1.29 is 4.74 Å². The molecule has 1 aromatic carbocycles. The fraction of sp³-hybridized carbons (Fsp3) is 0.222. The SMILES string of the molecule is N#CCCOc1ccc(Cl)c(Cl)c1. The molecule has 2 nitrogen and oxygen atoms in total. The first-order chi connectivity index (χ1) is 6.24. The molecule has 0 aromatic heterocycles. The van der Waals surface area contributed by atoms with Crippen LogP contribution in [0, 0.1) is 11.3 Å². The molecule has 1 aromatic rings. The van der Waals surface area contributed by atoms with E-state index >= 15 is 0 Å². The molecule has 0 spiro atoms. The number of hydrogen-bond donors (Lipinski definition) is 0. The first kappa shape index (κ1) is 10.2. The fourth-order valence-electron chi connectivity index (χ4n) is 0.781. The Kier molecular flexibility index (Phi) is 3.88. The molecular formula is C9H7Cl2NO. The Hall–Kier alpha value is -0.910. The summed E-state index contributed by atoms with van der Waals surface area (Å²) in [4.78, 5) is 0. The average Bonchev–Trinajstić information content (AvgIpc) is 2.12. The average molecular weight is 216 g/mol. The summed E-state index contributed by atoms with van der Waals surface area (Å²) in [5.74, 6) is 0.629. The predicted molar refractivity (Wildman–Crippen MR) is 52.2 cm³/mol. The highest BCUT2D eigenvalue weighted by molar-refractivity contribution is 6.42. The first-order valence-electron chi connectivity index (χ1n) is 3.69. The molecule has 0 amide bonds. The second-order valence-electron chi connectivity index (χ2n) is 2.33. The Morgan fingerprint density at radius 2 is 2.08 bits per heavy atom. The van der Waals surface area contributed by atoms with Crippen LogP contribution in [0.15, 0.2) is 18.2 Å². The summed E-state index contributed by atoms with van der Waals surface area (Å²) in [7, 11) is 0. The van der Waals surface area contributed by atoms with Crippen LogP contribution in [-0.2, 0) is 0 Å². The van der Waals surface area contributed by atoms with Crippen molar-refractivity contribution in [1.29, 1.82) is 5.26 Å². The maximum absolute atomic E-state index is 8.27. The molecule has 1 rings (SSSR count). The van der Waals surface area contributed by atoms with Gasteiger partial charge in [-0.1, -0.05) is 23.2 Å². The Morgan fingerprint density at radius 3 is 2.69 bits per heavy atom. The summed E-state index contributed by atoms with van der Waals surface area (Å²) in [5, 5.41) is 9.22. The minimum Gasteiger partial charge on any atom is -0.492 e. The lowest BCUT2D eigenvalue weighted by Gasteiger charge is -2.04. The molecule has 0 unspecified atom stereocenters. The summed E-state index contributed by atoms with van der Waals surface area (Å²) in [6, 6.07) is 6.98. The third kappa shape index (κ3) is 3.14. The molecule has 0 saturated heterocycles. The van der Waals surface area contributed by atoms with E-state index < -0.39 is 0 Å². The van der Waals surface area contributed by atoms with E-state index in [0.717, 1.165) is 0 Å². The highest BCUT2D eigenvalue weighted by Gasteiger charge is 1.99. The van der Waals surface area contributed by atoms with Crippen LogP contribution in [0.25, 0.3) is 0 Å². The van der Waals surface area contributed by atoms with E-state index in [1.165, 1.54) is 0 Å². The van der Waals surface area contributed by atoms with Crippen LogP contribution in [0.5, 0.6) is 5.75 Å². The van der Waals surface area contributed by atoms with E-state index in [4.69, 9.17) is 33.2 Å². The van der Waals surface area contributed by atoms with E-state index in [9.17, 15) is 0 Å². The van der Waals surface area contributed by atoms with Crippen molar-refractivity contribution in [3.8, 4) is 11.8 Å². The van der Waals surface area contributed by atoms with Crippen molar-refractivity contribution in [2.45, 2.75) is 6.42 Å². The summed E-state index contributed by atoms with van der Waals surface area (Å²) < 4.78 is 5.22. The molecule has 0 bridgehead atoms. The van der Waals surface area contributed by atoms with Gasteiger partial charge in [0.15, 0.2) is 0 Å². The van der Waals surface area contributed by atoms with E-state index in [2.05, 4.69) is 0 Å². The lowest BCUT2D eigenvalue weighted by molar-refractivity contribution is 0.326. The maximum Gasteiger partial charge on any atom is 0.120 e. The van der Waals surface area contributed by atoms with Crippen molar-refractivity contribution in [1.82, 2.24) is 0 Å². The van der Waals surface area contributed by atoms with Gasteiger partial charge in [-0.3, -0.25) is 0 Å². The molecule has 0 atom stereocenters. The second-order valence-corrected chi connectivity index (χ2v) is 3.15. The first-order valence-corrected chi connectivity index (χ1v) is 4.44. The molecule has 0 aliphatic carbocycles. The number of ether oxygens (including phenoxy) is 1. The monoisotopic (exact) mass is 215 g/mol. The van der Waals surface area contributed by atoms with Gasteiger partial charge in [0.1, 0.15) is 12.4 Å². The smallest absolute Gasteiger partial charge is 0.120 e. The van der Waals surface area contributed by atoms with Gasteiger partial charge in [-0.15, -0.1) is 0 Å². The molecule has 0 fully saturated rings. The Morgan fingerprint density at radius 1 is 1.31 bits per heavy atom. The zero-order valence-electron chi connectivity index (χ0n) is 6.76. The van der Waals surface area contributed by atoms with Crippen LogP contribution in [0.4, 0.5) is 0 Å². The van der Waals surface area contributed by atoms with Gasteiger partial charge in [0, 0.05) is 6.07 Å². The molecule has 4 heteroatoms. The van der Waals surface area contributed by atoms with Crippen LogP contribution in [0.1, 0.15) is 6.42 Å². The third-order valence-corrected chi connectivity index (χ3v) is 2.11. The summed E-state index contributed by atoms with van der Waals surface area (Å²) in [6.07, 6.45) is 0.361. The van der Waals surface area contributed by atoms with Crippen molar-refractivity contribution in [2.24, 2.45) is 0 Å². The zero-order chi connectivity index (χ0) is 9.68. The van der Waals surface area contributed by atoms with Crippen LogP contribution in [-0.4, -0.2) is 6.61 Å². The molecule has 0 aliphatic rings. The number of hydrogen-bond acceptors (Lipinski definition) is 2. The Labute approximate surface area is 86.6 Å². The minimum atomic E-state index is 0.361. The second kappa shape index (κ2) is 4.96. The van der Waals surface area contributed by atoms with Crippen molar-refractivity contribution in [3.05, 3.63) is 28.2 Å². The quantitative estimate of drug-likeness (QED) is 0.726. The van der Waals surface area contributed by atoms with Crippen molar-refractivity contribution in [2.75, 3.05) is 6.61 Å². The van der Waals surface area contributed by atoms with Crippen LogP contribution < -0.4 is 4.74 Å². The number of nitriles is 1. The Balaban J connectivity index is 2.59. The molecule has 0 N–H and O–H groups in total. The number of benzene rings is 1. The lowest BCUT2D eigenvalue weighted by atomic mass is 10.3. The standard InChI is InChI=1S/C9H7Cl2NO/c10-8-3-2-7(6-9(8)11)13-5-1-4-12/h2-3,6H,1,5H2. The normalized spacial score (nSPS) is 9.31. The van der Waals surface area contributed by atoms with Crippen LogP contribution in [0.2, 0.25) is 10.0 Å². The van der Waals surface area contributed by atoms with Gasteiger partial charge in [0.2, 0.25) is 0 Å². The number of nitrogens with zero attached hydrogens (tertiary/aromatic N) is 1.